The topological polar surface area (TPSA) is 37.4 Å². The monoisotopic (exact) mass is 233 g/mol. The summed E-state index contributed by atoms with van der Waals surface area (Å²) in [5.41, 5.74) is 0.868. The summed E-state index contributed by atoms with van der Waals surface area (Å²) in [6.07, 6.45) is 1.08. The number of sulfonamides is 1. The summed E-state index contributed by atoms with van der Waals surface area (Å²) in [6, 6.07) is 8.89. The fourth-order valence-corrected chi connectivity index (χ4v) is 1.94. The standard InChI is InChI=1S/C9H12ClNO2S/c1-8(11(10)14(2,12)13)9-6-4-3-5-7-9/h3-8H,1-2H3/t8-/m0/s1. The van der Waals surface area contributed by atoms with Gasteiger partial charge in [0.25, 0.3) is 0 Å². The number of halogens is 1. The summed E-state index contributed by atoms with van der Waals surface area (Å²) in [5.74, 6) is 0. The van der Waals surface area contributed by atoms with Gasteiger partial charge in [0.15, 0.2) is 0 Å². The van der Waals surface area contributed by atoms with Gasteiger partial charge >= 0.3 is 0 Å². The van der Waals surface area contributed by atoms with E-state index in [0.29, 0.717) is 0 Å². The van der Waals surface area contributed by atoms with Gasteiger partial charge in [-0.05, 0) is 24.3 Å². The third-order valence-corrected chi connectivity index (χ3v) is 3.90. The minimum atomic E-state index is -3.35. The zero-order valence-corrected chi connectivity index (χ0v) is 9.59. The first-order valence-corrected chi connectivity index (χ1v) is 6.31. The summed E-state index contributed by atoms with van der Waals surface area (Å²) >= 11 is 5.69. The first kappa shape index (κ1) is 11.5. The van der Waals surface area contributed by atoms with E-state index >= 15 is 0 Å². The Bertz CT molecular complexity index is 391. The van der Waals surface area contributed by atoms with Crippen LogP contribution in [0, 0.1) is 0 Å². The molecule has 1 aromatic rings. The van der Waals surface area contributed by atoms with Crippen LogP contribution in [0.1, 0.15) is 18.5 Å². The Morgan fingerprint density at radius 1 is 1.29 bits per heavy atom. The number of benzene rings is 1. The molecule has 0 N–H and O–H groups in total. The normalized spacial score (nSPS) is 14.3. The molecule has 0 unspecified atom stereocenters. The average Bonchev–Trinajstić information content (AvgIpc) is 2.15. The molecule has 1 aromatic carbocycles. The molecule has 3 nitrogen and oxygen atoms in total. The van der Waals surface area contributed by atoms with Crippen LogP contribution in [-0.4, -0.2) is 18.5 Å². The maximum Gasteiger partial charge on any atom is 0.225 e. The van der Waals surface area contributed by atoms with Gasteiger partial charge in [-0.3, -0.25) is 0 Å². The zero-order chi connectivity index (χ0) is 10.8. The lowest BCUT2D eigenvalue weighted by Gasteiger charge is -2.19. The zero-order valence-electron chi connectivity index (χ0n) is 8.01. The molecular weight excluding hydrogens is 222 g/mol. The van der Waals surface area contributed by atoms with E-state index in [2.05, 4.69) is 0 Å². The van der Waals surface area contributed by atoms with Gasteiger partial charge in [-0.1, -0.05) is 30.3 Å². The molecule has 0 saturated carbocycles. The van der Waals surface area contributed by atoms with Crippen molar-refractivity contribution in [1.29, 1.82) is 0 Å². The molecule has 0 aromatic heterocycles. The Kier molecular flexibility index (Phi) is 3.53. The summed E-state index contributed by atoms with van der Waals surface area (Å²) in [4.78, 5) is 0. The Morgan fingerprint density at radius 3 is 2.21 bits per heavy atom. The molecule has 78 valence electrons. The van der Waals surface area contributed by atoms with Crippen molar-refractivity contribution < 1.29 is 8.42 Å². The molecular formula is C9H12ClNO2S. The second kappa shape index (κ2) is 4.29. The van der Waals surface area contributed by atoms with E-state index in [1.807, 2.05) is 30.3 Å². The third kappa shape index (κ3) is 2.70. The highest BCUT2D eigenvalue weighted by molar-refractivity contribution is 7.89. The lowest BCUT2D eigenvalue weighted by Crippen LogP contribution is -2.23. The minimum absolute atomic E-state index is 0.354. The van der Waals surface area contributed by atoms with E-state index in [1.165, 1.54) is 0 Å². The lowest BCUT2D eigenvalue weighted by molar-refractivity contribution is 0.488. The smallest absolute Gasteiger partial charge is 0.211 e. The molecule has 1 rings (SSSR count). The molecule has 0 bridgehead atoms. The van der Waals surface area contributed by atoms with E-state index in [-0.39, 0.29) is 6.04 Å². The van der Waals surface area contributed by atoms with Gasteiger partial charge in [0.2, 0.25) is 10.0 Å². The van der Waals surface area contributed by atoms with E-state index in [9.17, 15) is 8.42 Å². The molecule has 0 spiro atoms. The lowest BCUT2D eigenvalue weighted by atomic mass is 10.1. The maximum absolute atomic E-state index is 11.1. The Labute approximate surface area is 89.5 Å². The Hall–Kier alpha value is -0.580. The van der Waals surface area contributed by atoms with Crippen LogP contribution >= 0.6 is 11.8 Å². The predicted molar refractivity (Wildman–Crippen MR) is 57.4 cm³/mol. The third-order valence-electron chi connectivity index (χ3n) is 1.90. The first-order valence-electron chi connectivity index (χ1n) is 4.13. The van der Waals surface area contributed by atoms with Crippen molar-refractivity contribution >= 4 is 21.8 Å². The van der Waals surface area contributed by atoms with Crippen molar-refractivity contribution in [2.75, 3.05) is 6.26 Å². The van der Waals surface area contributed by atoms with Gasteiger partial charge in [-0.2, -0.15) is 0 Å². The molecule has 0 aliphatic heterocycles. The van der Waals surface area contributed by atoms with Gasteiger partial charge in [0.05, 0.1) is 12.3 Å². The minimum Gasteiger partial charge on any atom is -0.211 e. The van der Waals surface area contributed by atoms with E-state index < -0.39 is 10.0 Å². The largest absolute Gasteiger partial charge is 0.225 e. The highest BCUT2D eigenvalue weighted by Crippen LogP contribution is 2.24. The van der Waals surface area contributed by atoms with Crippen molar-refractivity contribution in [2.45, 2.75) is 13.0 Å². The number of rotatable bonds is 3. The molecule has 0 amide bonds. The highest BCUT2D eigenvalue weighted by atomic mass is 35.5. The molecule has 0 heterocycles. The molecule has 0 radical (unpaired) electrons. The summed E-state index contributed by atoms with van der Waals surface area (Å²) < 4.78 is 23.1. The van der Waals surface area contributed by atoms with Crippen LogP contribution < -0.4 is 0 Å². The van der Waals surface area contributed by atoms with Crippen LogP contribution in [0.2, 0.25) is 0 Å². The van der Waals surface area contributed by atoms with Crippen LogP contribution in [-0.2, 0) is 10.0 Å². The predicted octanol–water partition coefficient (Wildman–Crippen LogP) is 2.16. The van der Waals surface area contributed by atoms with Crippen LogP contribution in [0.25, 0.3) is 0 Å². The second-order valence-electron chi connectivity index (χ2n) is 3.09. The number of hydrogen-bond donors (Lipinski definition) is 0. The van der Waals surface area contributed by atoms with Gasteiger partial charge in [-0.15, -0.1) is 3.82 Å². The number of hydrogen-bond acceptors (Lipinski definition) is 2. The molecule has 14 heavy (non-hydrogen) atoms. The molecule has 5 heteroatoms. The Balaban J connectivity index is 2.92. The average molecular weight is 234 g/mol. The van der Waals surface area contributed by atoms with Crippen molar-refractivity contribution in [3.05, 3.63) is 35.9 Å². The Morgan fingerprint density at radius 2 is 1.79 bits per heavy atom. The maximum atomic E-state index is 11.1. The summed E-state index contributed by atoms with van der Waals surface area (Å²) in [5, 5.41) is 0. The van der Waals surface area contributed by atoms with Crippen molar-refractivity contribution in [2.24, 2.45) is 0 Å². The fraction of sp³-hybridized carbons (Fsp3) is 0.333. The van der Waals surface area contributed by atoms with Crippen molar-refractivity contribution in [1.82, 2.24) is 3.82 Å². The quantitative estimate of drug-likeness (QED) is 0.751. The van der Waals surface area contributed by atoms with E-state index in [4.69, 9.17) is 11.8 Å². The summed E-state index contributed by atoms with van der Waals surface area (Å²) in [7, 11) is -3.35. The van der Waals surface area contributed by atoms with Gasteiger partial charge in [-0.25, -0.2) is 8.42 Å². The van der Waals surface area contributed by atoms with Gasteiger partial charge in [0.1, 0.15) is 0 Å². The van der Waals surface area contributed by atoms with Crippen LogP contribution in [0.5, 0.6) is 0 Å². The van der Waals surface area contributed by atoms with E-state index in [0.717, 1.165) is 15.6 Å². The van der Waals surface area contributed by atoms with Crippen molar-refractivity contribution in [3.8, 4) is 0 Å². The molecule has 1 atom stereocenters. The SMILES string of the molecule is C[C@@H](c1ccccc1)N(Cl)S(C)(=O)=O. The van der Waals surface area contributed by atoms with Crippen molar-refractivity contribution in [3.63, 3.8) is 0 Å². The van der Waals surface area contributed by atoms with Crippen LogP contribution in [0.15, 0.2) is 30.3 Å². The number of nitrogens with zero attached hydrogens (tertiary/aromatic N) is 1. The summed E-state index contributed by atoms with van der Waals surface area (Å²) in [6.45, 7) is 1.74. The molecule has 0 aliphatic carbocycles. The van der Waals surface area contributed by atoms with E-state index in [1.54, 1.807) is 6.92 Å². The molecule has 0 saturated heterocycles. The first-order chi connectivity index (χ1) is 6.43. The highest BCUT2D eigenvalue weighted by Gasteiger charge is 2.21. The second-order valence-corrected chi connectivity index (χ2v) is 5.52. The fourth-order valence-electron chi connectivity index (χ4n) is 1.14. The molecule has 0 aliphatic rings. The van der Waals surface area contributed by atoms with Gasteiger partial charge in [0, 0.05) is 0 Å². The van der Waals surface area contributed by atoms with Crippen LogP contribution in [0.4, 0.5) is 0 Å². The van der Waals surface area contributed by atoms with Crippen LogP contribution in [0.3, 0.4) is 0 Å². The van der Waals surface area contributed by atoms with Gasteiger partial charge < -0.3 is 0 Å². The molecule has 0 fully saturated rings.